The van der Waals surface area contributed by atoms with Crippen LogP contribution in [0.3, 0.4) is 0 Å². The molecule has 5 unspecified atom stereocenters. The Morgan fingerprint density at radius 3 is 1.82 bits per heavy atom. The molecule has 5 atom stereocenters. The lowest BCUT2D eigenvalue weighted by Gasteiger charge is -2.28. The molecule has 21 heteroatoms. The number of nitrogens with zero attached hydrogens (tertiary/aromatic N) is 4. The van der Waals surface area contributed by atoms with Gasteiger partial charge >= 0.3 is 37.4 Å². The number of phosphoric acid groups is 1. The van der Waals surface area contributed by atoms with Gasteiger partial charge in [-0.1, -0.05) is 29.4 Å². The molecule has 1 aromatic heterocycles. The molecule has 2 aromatic carbocycles. The molecule has 1 saturated heterocycles. The third kappa shape index (κ3) is 13.0. The van der Waals surface area contributed by atoms with Crippen LogP contribution < -0.4 is 20.7 Å². The highest BCUT2D eigenvalue weighted by atomic mass is 31.2. The Hall–Kier alpha value is -5.62. The van der Waals surface area contributed by atoms with Crippen molar-refractivity contribution in [3.05, 3.63) is 103 Å². The van der Waals surface area contributed by atoms with Crippen LogP contribution in [0.25, 0.3) is 10.4 Å². The van der Waals surface area contributed by atoms with Gasteiger partial charge in [0.2, 0.25) is 0 Å². The van der Waals surface area contributed by atoms with Gasteiger partial charge in [-0.25, -0.2) is 9.36 Å². The lowest BCUT2D eigenvalue weighted by Crippen LogP contribution is -2.33. The highest BCUT2D eigenvalue weighted by Gasteiger charge is 2.42. The summed E-state index contributed by atoms with van der Waals surface area (Å²) in [6.45, 7) is 6.44. The molecule has 1 aliphatic heterocycles. The van der Waals surface area contributed by atoms with Gasteiger partial charge in [0, 0.05) is 36.9 Å². The fourth-order valence-electron chi connectivity index (χ4n) is 5.59. The van der Waals surface area contributed by atoms with Crippen molar-refractivity contribution in [3.8, 4) is 11.5 Å². The molecule has 0 radical (unpaired) electrons. The largest absolute Gasteiger partial charge is 0.476 e. The highest BCUT2D eigenvalue weighted by molar-refractivity contribution is 7.48. The number of azide groups is 1. The zero-order valence-corrected chi connectivity index (χ0v) is 32.6. The SMILES string of the molecule is CCOC(=O)CC(OP(=O)(OCC1OC(n2cc(C)c(=O)[nH]c2=O)CC1N=[N+]=[N-])OC(CC(=O)OCC)c1ccc(OC(C)=O)cc1)c1ccc(OC(C)=O)cc1. The normalized spacial score (nSPS) is 18.3. The third-order valence-corrected chi connectivity index (χ3v) is 9.60. The molecule has 0 bridgehead atoms. The maximum atomic E-state index is 15.0. The second-order valence-electron chi connectivity index (χ2n) is 12.4. The van der Waals surface area contributed by atoms with E-state index in [1.165, 1.54) is 75.5 Å². The number of hydrogen-bond acceptors (Lipinski definition) is 16. The molecule has 1 fully saturated rings. The lowest BCUT2D eigenvalue weighted by atomic mass is 10.1. The fourth-order valence-corrected chi connectivity index (χ4v) is 7.11. The topological polar surface area (TPSA) is 263 Å². The highest BCUT2D eigenvalue weighted by Crippen LogP contribution is 2.58. The fraction of sp³-hybridized carbons (Fsp3) is 0.444. The molecule has 20 nitrogen and oxygen atoms in total. The van der Waals surface area contributed by atoms with Crippen LogP contribution in [0.5, 0.6) is 11.5 Å². The van der Waals surface area contributed by atoms with E-state index in [0.717, 1.165) is 4.57 Å². The van der Waals surface area contributed by atoms with Gasteiger partial charge in [-0.2, -0.15) is 0 Å². The average Bonchev–Trinajstić information content (AvgIpc) is 3.54. The number of phosphoric ester groups is 1. The van der Waals surface area contributed by atoms with Crippen molar-refractivity contribution < 1.29 is 61.0 Å². The summed E-state index contributed by atoms with van der Waals surface area (Å²) >= 11 is 0. The molecule has 306 valence electrons. The number of aromatic amines is 1. The molecule has 2 heterocycles. The smallest absolute Gasteiger partial charge is 0.466 e. The monoisotopic (exact) mass is 815 g/mol. The third-order valence-electron chi connectivity index (χ3n) is 8.11. The Morgan fingerprint density at radius 1 is 0.895 bits per heavy atom. The summed E-state index contributed by atoms with van der Waals surface area (Å²) in [5, 5.41) is 3.77. The van der Waals surface area contributed by atoms with Crippen LogP contribution in [0.15, 0.2) is 69.4 Å². The summed E-state index contributed by atoms with van der Waals surface area (Å²) in [5.41, 5.74) is 8.64. The van der Waals surface area contributed by atoms with Crippen LogP contribution >= 0.6 is 7.82 Å². The van der Waals surface area contributed by atoms with Gasteiger partial charge in [-0.15, -0.1) is 0 Å². The summed E-state index contributed by atoms with van der Waals surface area (Å²) in [6.07, 6.45) is -4.85. The maximum absolute atomic E-state index is 15.0. The standard InChI is InChI=1S/C36H42N5O15P/c1-6-49-33(44)17-29(24-8-12-26(13-9-24)52-22(4)42)55-57(48,56-30(18-34(45)50-7-2)25-10-14-27(15-11-25)53-23(5)43)51-20-31-28(39-40-37)16-32(54-31)41-19-21(3)35(46)38-36(41)47/h8-15,19,28-32H,6-7,16-18,20H2,1-5H3,(H,38,46,47). The molecule has 57 heavy (non-hydrogen) atoms. The first-order chi connectivity index (χ1) is 27.1. The number of H-pyrrole nitrogens is 1. The van der Waals surface area contributed by atoms with Crippen molar-refractivity contribution in [2.75, 3.05) is 19.8 Å². The van der Waals surface area contributed by atoms with Gasteiger partial charge < -0.3 is 23.7 Å². The molecule has 0 amide bonds. The summed E-state index contributed by atoms with van der Waals surface area (Å²) < 4.78 is 60.7. The first-order valence-electron chi connectivity index (χ1n) is 17.6. The molecule has 4 rings (SSSR count). The van der Waals surface area contributed by atoms with Crippen molar-refractivity contribution >= 4 is 31.7 Å². The summed E-state index contributed by atoms with van der Waals surface area (Å²) in [5.74, 6) is -2.35. The summed E-state index contributed by atoms with van der Waals surface area (Å²) in [4.78, 5) is 78.5. The Morgan fingerprint density at radius 2 is 1.39 bits per heavy atom. The number of nitrogens with one attached hydrogen (secondary N) is 1. The van der Waals surface area contributed by atoms with Crippen LogP contribution in [0.2, 0.25) is 0 Å². The minimum Gasteiger partial charge on any atom is -0.466 e. The van der Waals surface area contributed by atoms with Crippen LogP contribution in [0, 0.1) is 6.92 Å². The molecule has 0 spiro atoms. The van der Waals surface area contributed by atoms with Gasteiger partial charge in [0.15, 0.2) is 0 Å². The number of hydrogen-bond donors (Lipinski definition) is 1. The second kappa shape index (κ2) is 20.5. The van der Waals surface area contributed by atoms with E-state index in [2.05, 4.69) is 15.0 Å². The molecular weight excluding hydrogens is 773 g/mol. The number of benzene rings is 2. The second-order valence-corrected chi connectivity index (χ2v) is 14.0. The predicted molar refractivity (Wildman–Crippen MR) is 197 cm³/mol. The van der Waals surface area contributed by atoms with Gasteiger partial charge in [-0.3, -0.25) is 47.1 Å². The van der Waals surface area contributed by atoms with Gasteiger partial charge in [-0.05, 0) is 61.7 Å². The van der Waals surface area contributed by atoms with E-state index in [0.29, 0.717) is 0 Å². The van der Waals surface area contributed by atoms with Crippen molar-refractivity contribution in [3.63, 3.8) is 0 Å². The zero-order valence-electron chi connectivity index (χ0n) is 31.7. The molecule has 1 N–H and O–H groups in total. The van der Waals surface area contributed by atoms with Gasteiger partial charge in [0.05, 0.1) is 44.8 Å². The van der Waals surface area contributed by atoms with E-state index in [-0.39, 0.29) is 47.8 Å². The van der Waals surface area contributed by atoms with E-state index in [1.807, 2.05) is 0 Å². The quantitative estimate of drug-likeness (QED) is 0.0407. The zero-order chi connectivity index (χ0) is 41.7. The van der Waals surface area contributed by atoms with E-state index in [4.69, 9.17) is 37.3 Å². The number of carbonyl (C=O) groups excluding carboxylic acids is 4. The van der Waals surface area contributed by atoms with Crippen LogP contribution in [-0.2, 0) is 51.5 Å². The number of esters is 4. The molecular formula is C36H42N5O15P. The molecule has 0 aliphatic carbocycles. The van der Waals surface area contributed by atoms with E-state index >= 15 is 4.57 Å². The van der Waals surface area contributed by atoms with Gasteiger partial charge in [0.25, 0.3) is 5.56 Å². The van der Waals surface area contributed by atoms with Crippen molar-refractivity contribution in [2.45, 2.75) is 84.5 Å². The van der Waals surface area contributed by atoms with Crippen LogP contribution in [-0.4, -0.2) is 65.4 Å². The first-order valence-corrected chi connectivity index (χ1v) is 19.1. The summed E-state index contributed by atoms with van der Waals surface area (Å²) in [6, 6.07) is 10.4. The maximum Gasteiger partial charge on any atom is 0.476 e. The Balaban J connectivity index is 1.75. The predicted octanol–water partition coefficient (Wildman–Crippen LogP) is 5.21. The number of rotatable bonds is 19. The lowest BCUT2D eigenvalue weighted by molar-refractivity contribution is -0.145. The Kier molecular flexibility index (Phi) is 15.9. The molecule has 1 aliphatic rings. The molecule has 3 aromatic rings. The van der Waals surface area contributed by atoms with Crippen LogP contribution in [0.1, 0.15) is 82.1 Å². The number of aromatic nitrogens is 2. The minimum atomic E-state index is -5.01. The number of aryl methyl sites for hydroxylation is 1. The minimum absolute atomic E-state index is 0.00541. The first kappa shape index (κ1) is 44.1. The number of carbonyl (C=O) groups is 4. The Bertz CT molecular complexity index is 2030. The average molecular weight is 816 g/mol. The van der Waals surface area contributed by atoms with E-state index in [1.54, 1.807) is 13.8 Å². The van der Waals surface area contributed by atoms with E-state index < -0.39 is 93.0 Å². The number of ether oxygens (including phenoxy) is 5. The Labute approximate surface area is 325 Å². The summed E-state index contributed by atoms with van der Waals surface area (Å²) in [7, 11) is -5.01. The van der Waals surface area contributed by atoms with Crippen LogP contribution in [0.4, 0.5) is 0 Å². The molecule has 0 saturated carbocycles. The van der Waals surface area contributed by atoms with Gasteiger partial charge in [0.1, 0.15) is 29.9 Å². The van der Waals surface area contributed by atoms with Crippen molar-refractivity contribution in [2.24, 2.45) is 5.11 Å². The van der Waals surface area contributed by atoms with Crippen molar-refractivity contribution in [1.82, 2.24) is 9.55 Å². The van der Waals surface area contributed by atoms with Crippen molar-refractivity contribution in [1.29, 1.82) is 0 Å². The van der Waals surface area contributed by atoms with E-state index in [9.17, 15) is 34.3 Å².